The lowest BCUT2D eigenvalue weighted by Gasteiger charge is -2.41. The second-order valence-corrected chi connectivity index (χ2v) is 5.33. The van der Waals surface area contributed by atoms with Crippen molar-refractivity contribution in [1.82, 2.24) is 10.3 Å². The molecule has 0 bridgehead atoms. The van der Waals surface area contributed by atoms with Crippen molar-refractivity contribution >= 4 is 22.4 Å². The predicted octanol–water partition coefficient (Wildman–Crippen LogP) is 0.350. The number of amides is 1. The minimum atomic E-state index is -0.581. The Kier molecular flexibility index (Phi) is 2.86. The van der Waals surface area contributed by atoms with Crippen molar-refractivity contribution in [3.63, 3.8) is 0 Å². The Bertz CT molecular complexity index is 403. The molecule has 1 amide bonds. The molecule has 1 saturated heterocycles. The van der Waals surface area contributed by atoms with Gasteiger partial charge in [0.1, 0.15) is 5.54 Å². The minimum absolute atomic E-state index is 0.00185. The maximum atomic E-state index is 11.8. The van der Waals surface area contributed by atoms with Crippen molar-refractivity contribution in [3.05, 3.63) is 11.1 Å². The van der Waals surface area contributed by atoms with Crippen LogP contribution in [-0.4, -0.2) is 34.6 Å². The van der Waals surface area contributed by atoms with Crippen LogP contribution in [0.2, 0.25) is 0 Å². The molecule has 1 aliphatic rings. The summed E-state index contributed by atoms with van der Waals surface area (Å²) in [7, 11) is 0. The second-order valence-electron chi connectivity index (χ2n) is 4.23. The van der Waals surface area contributed by atoms with E-state index in [1.807, 2.05) is 18.7 Å². The third-order valence-corrected chi connectivity index (χ3v) is 3.78. The van der Waals surface area contributed by atoms with E-state index >= 15 is 0 Å². The summed E-state index contributed by atoms with van der Waals surface area (Å²) in [5.74, 6) is 0.0134. The van der Waals surface area contributed by atoms with Gasteiger partial charge in [0.15, 0.2) is 5.13 Å². The third kappa shape index (κ3) is 1.78. The van der Waals surface area contributed by atoms with Crippen molar-refractivity contribution in [2.75, 3.05) is 18.0 Å². The number of aliphatic hydroxyl groups excluding tert-OH is 1. The summed E-state index contributed by atoms with van der Waals surface area (Å²) in [4.78, 5) is 18.8. The predicted molar refractivity (Wildman–Crippen MR) is 62.5 cm³/mol. The first-order chi connectivity index (χ1) is 7.55. The molecule has 0 aliphatic carbocycles. The lowest BCUT2D eigenvalue weighted by Crippen LogP contribution is -2.62. The van der Waals surface area contributed by atoms with Gasteiger partial charge in [0.2, 0.25) is 5.91 Å². The van der Waals surface area contributed by atoms with E-state index in [4.69, 9.17) is 5.11 Å². The quantitative estimate of drug-likeness (QED) is 0.784. The number of rotatable bonds is 2. The van der Waals surface area contributed by atoms with Gasteiger partial charge in [-0.15, -0.1) is 0 Å². The zero-order valence-electron chi connectivity index (χ0n) is 9.36. The standard InChI is InChI=1S/C10H15N3O2S/c1-10(2)8(15)11-3-4-13(10)9-12-5-7(6-14)16-9/h5,14H,3-4,6H2,1-2H3,(H,11,15). The Labute approximate surface area is 98.1 Å². The lowest BCUT2D eigenvalue weighted by molar-refractivity contribution is -0.126. The average Bonchev–Trinajstić information content (AvgIpc) is 2.70. The van der Waals surface area contributed by atoms with E-state index < -0.39 is 5.54 Å². The Morgan fingerprint density at radius 3 is 3.06 bits per heavy atom. The van der Waals surface area contributed by atoms with Crippen molar-refractivity contribution in [3.8, 4) is 0 Å². The molecule has 2 heterocycles. The topological polar surface area (TPSA) is 65.5 Å². The highest BCUT2D eigenvalue weighted by Crippen LogP contribution is 2.29. The zero-order valence-corrected chi connectivity index (χ0v) is 10.2. The van der Waals surface area contributed by atoms with E-state index in [0.29, 0.717) is 6.54 Å². The van der Waals surface area contributed by atoms with Crippen LogP contribution in [0.25, 0.3) is 0 Å². The molecule has 1 fully saturated rings. The van der Waals surface area contributed by atoms with Crippen LogP contribution in [-0.2, 0) is 11.4 Å². The highest BCUT2D eigenvalue weighted by molar-refractivity contribution is 7.15. The Morgan fingerprint density at radius 2 is 2.44 bits per heavy atom. The number of nitrogens with zero attached hydrogens (tertiary/aromatic N) is 2. The first-order valence-electron chi connectivity index (χ1n) is 5.17. The number of carbonyl (C=O) groups is 1. The van der Waals surface area contributed by atoms with Crippen LogP contribution in [0.4, 0.5) is 5.13 Å². The van der Waals surface area contributed by atoms with Crippen LogP contribution in [0.3, 0.4) is 0 Å². The summed E-state index contributed by atoms with van der Waals surface area (Å²) in [6.07, 6.45) is 1.66. The smallest absolute Gasteiger partial charge is 0.245 e. The van der Waals surface area contributed by atoms with E-state index in [2.05, 4.69) is 10.3 Å². The molecule has 1 aromatic heterocycles. The monoisotopic (exact) mass is 241 g/mol. The minimum Gasteiger partial charge on any atom is -0.391 e. The van der Waals surface area contributed by atoms with Crippen molar-refractivity contribution in [2.24, 2.45) is 0 Å². The zero-order chi connectivity index (χ0) is 11.8. The fraction of sp³-hybridized carbons (Fsp3) is 0.600. The second kappa shape index (κ2) is 4.03. The number of hydrogen-bond acceptors (Lipinski definition) is 5. The molecule has 0 aromatic carbocycles. The van der Waals surface area contributed by atoms with Crippen molar-refractivity contribution < 1.29 is 9.90 Å². The molecule has 5 nitrogen and oxygen atoms in total. The van der Waals surface area contributed by atoms with Gasteiger partial charge in [-0.3, -0.25) is 4.79 Å². The Hall–Kier alpha value is -1.14. The summed E-state index contributed by atoms with van der Waals surface area (Å²) in [6.45, 7) is 5.13. The normalized spacial score (nSPS) is 19.7. The molecule has 0 radical (unpaired) electrons. The molecular weight excluding hydrogens is 226 g/mol. The highest BCUT2D eigenvalue weighted by atomic mass is 32.1. The van der Waals surface area contributed by atoms with Gasteiger partial charge in [0, 0.05) is 19.3 Å². The van der Waals surface area contributed by atoms with Gasteiger partial charge in [0.05, 0.1) is 11.5 Å². The first-order valence-corrected chi connectivity index (χ1v) is 5.99. The van der Waals surface area contributed by atoms with Gasteiger partial charge in [-0.1, -0.05) is 11.3 Å². The molecule has 6 heteroatoms. The Morgan fingerprint density at radius 1 is 1.69 bits per heavy atom. The van der Waals surface area contributed by atoms with Crippen LogP contribution in [0.5, 0.6) is 0 Å². The molecule has 0 atom stereocenters. The Balaban J connectivity index is 2.28. The molecule has 0 unspecified atom stereocenters. The van der Waals surface area contributed by atoms with Gasteiger partial charge in [-0.2, -0.15) is 0 Å². The number of aliphatic hydroxyl groups is 1. The maximum Gasteiger partial charge on any atom is 0.245 e. The van der Waals surface area contributed by atoms with Crippen LogP contribution in [0.1, 0.15) is 18.7 Å². The SMILES string of the molecule is CC1(C)C(=O)NCCN1c1ncc(CO)s1. The molecule has 88 valence electrons. The first kappa shape index (κ1) is 11.3. The summed E-state index contributed by atoms with van der Waals surface area (Å²) in [6, 6.07) is 0. The van der Waals surface area contributed by atoms with Gasteiger partial charge < -0.3 is 15.3 Å². The molecule has 2 rings (SSSR count). The van der Waals surface area contributed by atoms with E-state index in [1.54, 1.807) is 6.20 Å². The third-order valence-electron chi connectivity index (χ3n) is 2.78. The number of aromatic nitrogens is 1. The molecule has 1 aromatic rings. The molecule has 0 saturated carbocycles. The molecule has 0 spiro atoms. The van der Waals surface area contributed by atoms with Crippen LogP contribution in [0.15, 0.2) is 6.20 Å². The number of anilines is 1. The van der Waals surface area contributed by atoms with Crippen molar-refractivity contribution in [2.45, 2.75) is 26.0 Å². The number of nitrogens with one attached hydrogen (secondary N) is 1. The van der Waals surface area contributed by atoms with Gasteiger partial charge >= 0.3 is 0 Å². The van der Waals surface area contributed by atoms with E-state index in [-0.39, 0.29) is 12.5 Å². The number of piperazine rings is 1. The fourth-order valence-electron chi connectivity index (χ4n) is 1.73. The maximum absolute atomic E-state index is 11.8. The van der Waals surface area contributed by atoms with Crippen molar-refractivity contribution in [1.29, 1.82) is 0 Å². The van der Waals surface area contributed by atoms with E-state index in [0.717, 1.165) is 16.6 Å². The summed E-state index contributed by atoms with van der Waals surface area (Å²) >= 11 is 1.43. The number of hydrogen-bond donors (Lipinski definition) is 2. The lowest BCUT2D eigenvalue weighted by atomic mass is 10.00. The van der Waals surface area contributed by atoms with Crippen LogP contribution >= 0.6 is 11.3 Å². The fourth-order valence-corrected chi connectivity index (χ4v) is 2.67. The summed E-state index contributed by atoms with van der Waals surface area (Å²) in [5, 5.41) is 12.6. The van der Waals surface area contributed by atoms with Gasteiger partial charge in [0.25, 0.3) is 0 Å². The largest absolute Gasteiger partial charge is 0.391 e. The highest BCUT2D eigenvalue weighted by Gasteiger charge is 2.38. The molecular formula is C10H15N3O2S. The number of carbonyl (C=O) groups excluding carboxylic acids is 1. The molecule has 2 N–H and O–H groups in total. The van der Waals surface area contributed by atoms with Gasteiger partial charge in [-0.05, 0) is 13.8 Å². The summed E-state index contributed by atoms with van der Waals surface area (Å²) < 4.78 is 0. The molecule has 16 heavy (non-hydrogen) atoms. The van der Waals surface area contributed by atoms with E-state index in [9.17, 15) is 4.79 Å². The van der Waals surface area contributed by atoms with Crippen LogP contribution in [0, 0.1) is 0 Å². The van der Waals surface area contributed by atoms with Gasteiger partial charge in [-0.25, -0.2) is 4.98 Å². The van der Waals surface area contributed by atoms with E-state index in [1.165, 1.54) is 11.3 Å². The van der Waals surface area contributed by atoms with Crippen LogP contribution < -0.4 is 10.2 Å². The average molecular weight is 241 g/mol. The number of thiazole rings is 1. The molecule has 1 aliphatic heterocycles. The summed E-state index contributed by atoms with van der Waals surface area (Å²) in [5.41, 5.74) is -0.581.